The molecule has 3 rings (SSSR count). The molecule has 6 nitrogen and oxygen atoms in total. The summed E-state index contributed by atoms with van der Waals surface area (Å²) in [5.74, 6) is 0. The summed E-state index contributed by atoms with van der Waals surface area (Å²) in [6.07, 6.45) is 0. The zero-order valence-corrected chi connectivity index (χ0v) is 18.0. The molecule has 28 heavy (non-hydrogen) atoms. The van der Waals surface area contributed by atoms with Crippen LogP contribution in [0, 0.1) is 6.92 Å². The van der Waals surface area contributed by atoms with Crippen LogP contribution < -0.4 is 9.44 Å². The first-order valence-corrected chi connectivity index (χ1v) is 11.9. The van der Waals surface area contributed by atoms with Crippen LogP contribution in [-0.4, -0.2) is 16.8 Å². The van der Waals surface area contributed by atoms with Crippen molar-refractivity contribution < 1.29 is 16.8 Å². The summed E-state index contributed by atoms with van der Waals surface area (Å²) in [6, 6.07) is 18.6. The van der Waals surface area contributed by atoms with E-state index in [4.69, 9.17) is 0 Å². The summed E-state index contributed by atoms with van der Waals surface area (Å²) in [5.41, 5.74) is 1.73. The topological polar surface area (TPSA) is 92.3 Å². The highest BCUT2D eigenvalue weighted by Gasteiger charge is 2.17. The van der Waals surface area contributed by atoms with Gasteiger partial charge in [0.15, 0.2) is 0 Å². The number of rotatable bonds is 6. The molecule has 0 aliphatic carbocycles. The SMILES string of the molecule is Cc1ccc(NS(=O)(=O)c2ccc(NS(=O)(=O)c3ccc(Br)cc3)cc2)cc1. The van der Waals surface area contributed by atoms with Crippen molar-refractivity contribution in [2.75, 3.05) is 9.44 Å². The smallest absolute Gasteiger partial charge is 0.261 e. The third-order valence-corrected chi connectivity index (χ3v) is 7.17. The highest BCUT2D eigenvalue weighted by Crippen LogP contribution is 2.21. The maximum atomic E-state index is 12.5. The van der Waals surface area contributed by atoms with Gasteiger partial charge in [-0.1, -0.05) is 33.6 Å². The van der Waals surface area contributed by atoms with Crippen molar-refractivity contribution in [2.24, 2.45) is 0 Å². The molecule has 0 spiro atoms. The van der Waals surface area contributed by atoms with Crippen LogP contribution in [0.1, 0.15) is 5.56 Å². The summed E-state index contributed by atoms with van der Waals surface area (Å²) in [4.78, 5) is 0.133. The first-order chi connectivity index (χ1) is 13.2. The number of nitrogens with one attached hydrogen (secondary N) is 2. The van der Waals surface area contributed by atoms with Gasteiger partial charge in [0, 0.05) is 15.8 Å². The van der Waals surface area contributed by atoms with E-state index in [-0.39, 0.29) is 15.5 Å². The molecule has 0 bridgehead atoms. The summed E-state index contributed by atoms with van der Waals surface area (Å²) < 4.78 is 55.5. The molecule has 0 aliphatic heterocycles. The Morgan fingerprint density at radius 3 is 1.39 bits per heavy atom. The van der Waals surface area contributed by atoms with Gasteiger partial charge in [0.1, 0.15) is 0 Å². The van der Waals surface area contributed by atoms with Gasteiger partial charge < -0.3 is 0 Å². The Hall–Kier alpha value is -2.36. The summed E-state index contributed by atoms with van der Waals surface area (Å²) >= 11 is 3.25. The lowest BCUT2D eigenvalue weighted by Gasteiger charge is -2.11. The fourth-order valence-electron chi connectivity index (χ4n) is 2.37. The standard InChI is InChI=1S/C19H17BrN2O4S2/c1-14-2-6-16(7-3-14)21-28(25,26)19-12-8-17(9-13-19)22-27(23,24)18-10-4-15(20)5-11-18/h2-13,21-22H,1H3. The maximum absolute atomic E-state index is 12.5. The molecule has 0 atom stereocenters. The molecular formula is C19H17BrN2O4S2. The normalized spacial score (nSPS) is 11.8. The molecule has 0 amide bonds. The molecule has 0 fully saturated rings. The average molecular weight is 481 g/mol. The van der Waals surface area contributed by atoms with Crippen molar-refractivity contribution in [1.82, 2.24) is 0 Å². The molecule has 2 N–H and O–H groups in total. The van der Waals surface area contributed by atoms with Crippen LogP contribution in [0.2, 0.25) is 0 Å². The van der Waals surface area contributed by atoms with Gasteiger partial charge in [-0.05, 0) is 67.6 Å². The minimum Gasteiger partial charge on any atom is -0.280 e. The molecule has 9 heteroatoms. The van der Waals surface area contributed by atoms with E-state index >= 15 is 0 Å². The molecule has 0 aliphatic rings. The molecule has 0 aromatic heterocycles. The third kappa shape index (κ3) is 4.92. The molecular weight excluding hydrogens is 464 g/mol. The lowest BCUT2D eigenvalue weighted by molar-refractivity contribution is 0.600. The van der Waals surface area contributed by atoms with Gasteiger partial charge in [-0.25, -0.2) is 16.8 Å². The van der Waals surface area contributed by atoms with Crippen molar-refractivity contribution in [3.8, 4) is 0 Å². The lowest BCUT2D eigenvalue weighted by atomic mass is 10.2. The van der Waals surface area contributed by atoms with Crippen LogP contribution in [0.25, 0.3) is 0 Å². The zero-order valence-electron chi connectivity index (χ0n) is 14.8. The molecule has 3 aromatic carbocycles. The highest BCUT2D eigenvalue weighted by atomic mass is 79.9. The van der Waals surface area contributed by atoms with E-state index in [0.717, 1.165) is 10.0 Å². The van der Waals surface area contributed by atoms with Gasteiger partial charge in [-0.3, -0.25) is 9.44 Å². The first kappa shape index (κ1) is 20.4. The average Bonchev–Trinajstić information content (AvgIpc) is 2.64. The molecule has 0 unspecified atom stereocenters. The second-order valence-corrected chi connectivity index (χ2v) is 10.3. The Balaban J connectivity index is 1.77. The van der Waals surface area contributed by atoms with Crippen LogP contribution >= 0.6 is 15.9 Å². The number of hydrogen-bond acceptors (Lipinski definition) is 4. The molecule has 146 valence electrons. The van der Waals surface area contributed by atoms with Gasteiger partial charge in [-0.15, -0.1) is 0 Å². The minimum atomic E-state index is -3.78. The van der Waals surface area contributed by atoms with E-state index in [9.17, 15) is 16.8 Å². The molecule has 0 saturated heterocycles. The second-order valence-electron chi connectivity index (χ2n) is 6.06. The second kappa shape index (κ2) is 7.94. The number of anilines is 2. The number of benzene rings is 3. The van der Waals surface area contributed by atoms with E-state index in [2.05, 4.69) is 25.4 Å². The monoisotopic (exact) mass is 480 g/mol. The summed E-state index contributed by atoms with van der Waals surface area (Å²) in [6.45, 7) is 1.91. The summed E-state index contributed by atoms with van der Waals surface area (Å²) in [5, 5.41) is 0. The van der Waals surface area contributed by atoms with E-state index in [1.54, 1.807) is 36.4 Å². The molecule has 0 saturated carbocycles. The number of sulfonamides is 2. The Morgan fingerprint density at radius 2 is 0.964 bits per heavy atom. The van der Waals surface area contributed by atoms with Crippen LogP contribution in [0.5, 0.6) is 0 Å². The van der Waals surface area contributed by atoms with Crippen molar-refractivity contribution in [3.63, 3.8) is 0 Å². The third-order valence-electron chi connectivity index (χ3n) is 3.84. The van der Waals surface area contributed by atoms with Crippen molar-refractivity contribution in [1.29, 1.82) is 0 Å². The summed E-state index contributed by atoms with van der Waals surface area (Å²) in [7, 11) is -7.54. The zero-order chi connectivity index (χ0) is 20.4. The quantitative estimate of drug-likeness (QED) is 0.547. The fraction of sp³-hybridized carbons (Fsp3) is 0.0526. The molecule has 0 radical (unpaired) electrons. The van der Waals surface area contributed by atoms with Crippen LogP contribution in [0.4, 0.5) is 11.4 Å². The van der Waals surface area contributed by atoms with Gasteiger partial charge in [0.25, 0.3) is 20.0 Å². The Bertz CT molecular complexity index is 1170. The molecule has 0 heterocycles. The van der Waals surface area contributed by atoms with Crippen molar-refractivity contribution in [2.45, 2.75) is 16.7 Å². The van der Waals surface area contributed by atoms with Crippen molar-refractivity contribution in [3.05, 3.63) is 82.8 Å². The predicted octanol–water partition coefficient (Wildman–Crippen LogP) is 4.36. The Kier molecular flexibility index (Phi) is 5.78. The van der Waals surface area contributed by atoms with Gasteiger partial charge >= 0.3 is 0 Å². The maximum Gasteiger partial charge on any atom is 0.261 e. The fourth-order valence-corrected chi connectivity index (χ4v) is 4.75. The van der Waals surface area contributed by atoms with Gasteiger partial charge in [0.2, 0.25) is 0 Å². The van der Waals surface area contributed by atoms with Gasteiger partial charge in [-0.2, -0.15) is 0 Å². The minimum absolute atomic E-state index is 0.0275. The van der Waals surface area contributed by atoms with Crippen LogP contribution in [-0.2, 0) is 20.0 Å². The van der Waals surface area contributed by atoms with Crippen LogP contribution in [0.15, 0.2) is 87.1 Å². The highest BCUT2D eigenvalue weighted by molar-refractivity contribution is 9.10. The first-order valence-electron chi connectivity index (χ1n) is 8.14. The largest absolute Gasteiger partial charge is 0.280 e. The van der Waals surface area contributed by atoms with E-state index < -0.39 is 20.0 Å². The Labute approximate surface area is 172 Å². The lowest BCUT2D eigenvalue weighted by Crippen LogP contribution is -2.14. The van der Waals surface area contributed by atoms with E-state index in [1.165, 1.54) is 36.4 Å². The van der Waals surface area contributed by atoms with Crippen molar-refractivity contribution >= 4 is 47.4 Å². The van der Waals surface area contributed by atoms with Crippen LogP contribution in [0.3, 0.4) is 0 Å². The number of halogens is 1. The number of aryl methyl sites for hydroxylation is 1. The predicted molar refractivity (Wildman–Crippen MR) is 113 cm³/mol. The van der Waals surface area contributed by atoms with E-state index in [0.29, 0.717) is 5.69 Å². The van der Waals surface area contributed by atoms with Gasteiger partial charge in [0.05, 0.1) is 9.79 Å². The molecule has 3 aromatic rings. The Morgan fingerprint density at radius 1 is 0.607 bits per heavy atom. The number of hydrogen-bond donors (Lipinski definition) is 2. The van der Waals surface area contributed by atoms with E-state index in [1.807, 2.05) is 6.92 Å².